The highest BCUT2D eigenvalue weighted by Gasteiger charge is 2.23. The zero-order valence-corrected chi connectivity index (χ0v) is 73.8. The van der Waals surface area contributed by atoms with Crippen LogP contribution in [0.2, 0.25) is 0 Å². The van der Waals surface area contributed by atoms with Gasteiger partial charge in [0.1, 0.15) is 0 Å². The highest BCUT2D eigenvalue weighted by Crippen LogP contribution is 2.45. The average Bonchev–Trinajstić information content (AvgIpc) is 1.58. The third kappa shape index (κ3) is 14.7. The van der Waals surface area contributed by atoms with Crippen molar-refractivity contribution in [2.45, 2.75) is 0 Å². The summed E-state index contributed by atoms with van der Waals surface area (Å²) in [5, 5.41) is 9.81. The van der Waals surface area contributed by atoms with E-state index in [1.807, 2.05) is 121 Å². The molecule has 0 saturated carbocycles. The Morgan fingerprint density at radius 3 is 0.522 bits per heavy atom. The number of nitrogens with zero attached hydrogens (tertiary/aromatic N) is 10. The van der Waals surface area contributed by atoms with Gasteiger partial charge in [-0.05, 0) is 218 Å². The zero-order valence-electron chi connectivity index (χ0n) is 73.8. The molecule has 6 heterocycles. The smallest absolute Gasteiger partial charge is 0.164 e. The predicted molar refractivity (Wildman–Crippen MR) is 562 cm³/mol. The molecule has 636 valence electrons. The molecule has 10 nitrogen and oxygen atoms in total. The van der Waals surface area contributed by atoms with Crippen molar-refractivity contribution in [2.75, 3.05) is 0 Å². The van der Waals surface area contributed by atoms with Crippen LogP contribution in [0.15, 0.2) is 497 Å². The molecule has 136 heavy (non-hydrogen) atoms. The van der Waals surface area contributed by atoms with E-state index in [2.05, 4.69) is 394 Å². The van der Waals surface area contributed by atoms with Crippen LogP contribution in [0, 0.1) is 0 Å². The third-order valence-corrected chi connectivity index (χ3v) is 26.3. The molecular weight excluding hydrogens is 1650 g/mol. The van der Waals surface area contributed by atoms with Gasteiger partial charge in [0.2, 0.25) is 0 Å². The summed E-state index contributed by atoms with van der Waals surface area (Å²) in [5.41, 5.74) is 33.5. The molecule has 0 unspecified atom stereocenters. The van der Waals surface area contributed by atoms with E-state index >= 15 is 0 Å². The Balaban J connectivity index is 0.000000145. The number of rotatable bonds is 16. The second-order valence-electron chi connectivity index (χ2n) is 34.5. The number of para-hydroxylation sites is 6. The first-order valence-electron chi connectivity index (χ1n) is 46.0. The van der Waals surface area contributed by atoms with Crippen LogP contribution in [0.25, 0.3) is 245 Å². The van der Waals surface area contributed by atoms with Crippen molar-refractivity contribution in [2.24, 2.45) is 0 Å². The second-order valence-corrected chi connectivity index (χ2v) is 34.5. The van der Waals surface area contributed by atoms with Gasteiger partial charge in [-0.3, -0.25) is 0 Å². The minimum atomic E-state index is 0.634. The molecule has 0 spiro atoms. The first-order chi connectivity index (χ1) is 67.4. The molecule has 10 heteroatoms. The van der Waals surface area contributed by atoms with E-state index in [1.54, 1.807) is 0 Å². The highest BCUT2D eigenvalue weighted by molar-refractivity contribution is 6.16. The molecule has 26 aromatic rings. The lowest BCUT2D eigenvalue weighted by atomic mass is 9.96. The van der Waals surface area contributed by atoms with Gasteiger partial charge in [0.25, 0.3) is 0 Å². The summed E-state index contributed by atoms with van der Waals surface area (Å²) in [4.78, 5) is 29.8. The predicted octanol–water partition coefficient (Wildman–Crippen LogP) is 32.1. The van der Waals surface area contributed by atoms with Crippen molar-refractivity contribution < 1.29 is 0 Å². The van der Waals surface area contributed by atoms with Gasteiger partial charge in [-0.1, -0.05) is 346 Å². The maximum absolute atomic E-state index is 5.01. The van der Waals surface area contributed by atoms with Gasteiger partial charge in [-0.2, -0.15) is 0 Å². The minimum Gasteiger partial charge on any atom is -0.309 e. The highest BCUT2D eigenvalue weighted by atomic mass is 15.1. The first-order valence-corrected chi connectivity index (χ1v) is 46.0. The van der Waals surface area contributed by atoms with Gasteiger partial charge in [0.15, 0.2) is 34.9 Å². The van der Waals surface area contributed by atoms with E-state index in [4.69, 9.17) is 29.9 Å². The van der Waals surface area contributed by atoms with E-state index in [-0.39, 0.29) is 0 Å². The lowest BCUT2D eigenvalue weighted by Crippen LogP contribution is -2.00. The fourth-order valence-electron chi connectivity index (χ4n) is 19.8. The summed E-state index contributed by atoms with van der Waals surface area (Å²) >= 11 is 0. The molecule has 0 radical (unpaired) electrons. The first kappa shape index (κ1) is 79.8. The van der Waals surface area contributed by atoms with Crippen LogP contribution < -0.4 is 0 Å². The summed E-state index contributed by atoms with van der Waals surface area (Å²) < 4.78 is 9.53. The monoisotopic (exact) mass is 1730 g/mol. The van der Waals surface area contributed by atoms with Crippen LogP contribution in [0.4, 0.5) is 0 Å². The van der Waals surface area contributed by atoms with Crippen LogP contribution in [-0.4, -0.2) is 48.2 Å². The number of aromatic nitrogens is 10. The van der Waals surface area contributed by atoms with Crippen molar-refractivity contribution >= 4 is 87.2 Å². The van der Waals surface area contributed by atoms with E-state index in [0.717, 1.165) is 101 Å². The van der Waals surface area contributed by atoms with Crippen molar-refractivity contribution in [1.29, 1.82) is 0 Å². The Hall–Kier alpha value is -18.4. The van der Waals surface area contributed by atoms with Gasteiger partial charge in [-0.25, -0.2) is 29.9 Å². The molecule has 0 aliphatic rings. The lowest BCUT2D eigenvalue weighted by Gasteiger charge is -2.11. The van der Waals surface area contributed by atoms with Crippen LogP contribution in [0.5, 0.6) is 0 Å². The molecule has 0 saturated heterocycles. The Bertz CT molecular complexity index is 8930. The minimum absolute atomic E-state index is 0.634. The molecule has 0 fully saturated rings. The van der Waals surface area contributed by atoms with E-state index in [0.29, 0.717) is 34.9 Å². The SMILES string of the molecule is c1ccc(-c2nc(-c3ccccc3)nc(-c3cccc(-c4ccc(-c5ccc6c(c5)c5cc(-c7ccc8c(c7)c7ccccc7n8-c7ccccc7)ccc5n6-c5ccccc5)cc4)c3)n2)cc1.c1ccc(-c2nc(-c3ccccc3)nc(-c3cccc(-c4cccc(-c5ccc6c(c5)c5cc(-c7ccc8c(c7)c7ccccc7n8-c7ccccc7)ccc5n6-c5ccccc5)c4)c3)n2)cc1. The van der Waals surface area contributed by atoms with Gasteiger partial charge in [-0.15, -0.1) is 0 Å². The van der Waals surface area contributed by atoms with E-state index in [9.17, 15) is 0 Å². The summed E-state index contributed by atoms with van der Waals surface area (Å²) in [6.07, 6.45) is 0. The zero-order chi connectivity index (χ0) is 89.9. The molecule has 6 aromatic heterocycles. The molecule has 20 aromatic carbocycles. The van der Waals surface area contributed by atoms with Crippen LogP contribution in [0.1, 0.15) is 0 Å². The normalized spacial score (nSPS) is 11.5. The molecule has 0 aliphatic heterocycles. The van der Waals surface area contributed by atoms with Gasteiger partial charge in [0.05, 0.1) is 44.1 Å². The van der Waals surface area contributed by atoms with E-state index in [1.165, 1.54) is 109 Å². The molecule has 26 rings (SSSR count). The summed E-state index contributed by atoms with van der Waals surface area (Å²) in [6, 6.07) is 177. The standard InChI is InChI=1S/2C63H41N5/c1-5-17-42(18-6-1)61-64-62(43-19-7-2-8-20-43)66-63(65-61)50-24-16-23-46(38-50)44-21-15-22-45(37-44)47-31-35-59-55(40-47)56-41-49(33-36-60(56)68(59)52-27-11-4-12-28-52)48-32-34-58-54(39-48)53-29-13-14-30-57(53)67(58)51-25-9-3-10-26-51;1-5-16-44(17-6-1)61-64-62(45-18-7-2-8-19-45)66-63(65-61)50-21-15-20-46(38-50)42-28-30-43(31-29-42)47-32-35-59-55(39-47)56-41-49(34-37-60(56)68(59)52-24-11-4-12-25-52)48-33-36-58-54(40-48)53-26-13-14-27-57(53)67(58)51-22-9-3-10-23-51/h2*1-41H. The third-order valence-electron chi connectivity index (χ3n) is 26.3. The molecule has 0 N–H and O–H groups in total. The Labute approximate surface area is 785 Å². The lowest BCUT2D eigenvalue weighted by molar-refractivity contribution is 1.07. The van der Waals surface area contributed by atoms with Gasteiger partial charge in [0, 0.05) is 99.2 Å². The Morgan fingerprint density at radius 1 is 0.103 bits per heavy atom. The van der Waals surface area contributed by atoms with Gasteiger partial charge >= 0.3 is 0 Å². The number of hydrogen-bond acceptors (Lipinski definition) is 6. The second kappa shape index (κ2) is 34.2. The fraction of sp³-hybridized carbons (Fsp3) is 0. The van der Waals surface area contributed by atoms with Crippen LogP contribution in [0.3, 0.4) is 0 Å². The number of benzene rings is 20. The fourth-order valence-corrected chi connectivity index (χ4v) is 19.8. The summed E-state index contributed by atoms with van der Waals surface area (Å²) in [6.45, 7) is 0. The molecular formula is C126H82N10. The van der Waals surface area contributed by atoms with Crippen molar-refractivity contribution in [1.82, 2.24) is 48.2 Å². The quantitative estimate of drug-likeness (QED) is 0.0956. The summed E-state index contributed by atoms with van der Waals surface area (Å²) in [5.74, 6) is 3.86. The van der Waals surface area contributed by atoms with Crippen molar-refractivity contribution in [3.05, 3.63) is 497 Å². The number of fused-ring (bicyclic) bond motifs is 12. The van der Waals surface area contributed by atoms with Crippen LogP contribution >= 0.6 is 0 Å². The topological polar surface area (TPSA) is 97.1 Å². The summed E-state index contributed by atoms with van der Waals surface area (Å²) in [7, 11) is 0. The number of hydrogen-bond donors (Lipinski definition) is 0. The Morgan fingerprint density at radius 2 is 0.265 bits per heavy atom. The van der Waals surface area contributed by atoms with Gasteiger partial charge < -0.3 is 18.3 Å². The van der Waals surface area contributed by atoms with Crippen LogP contribution in [-0.2, 0) is 0 Å². The Kier molecular flexibility index (Phi) is 20.0. The van der Waals surface area contributed by atoms with E-state index < -0.39 is 0 Å². The maximum atomic E-state index is 5.01. The molecule has 0 atom stereocenters. The maximum Gasteiger partial charge on any atom is 0.164 e. The average molecular weight is 1740 g/mol. The molecule has 0 amide bonds. The largest absolute Gasteiger partial charge is 0.309 e. The van der Waals surface area contributed by atoms with Crippen molar-refractivity contribution in [3.8, 4) is 158 Å². The molecule has 0 bridgehead atoms. The van der Waals surface area contributed by atoms with Crippen molar-refractivity contribution in [3.63, 3.8) is 0 Å². The molecule has 0 aliphatic carbocycles.